The van der Waals surface area contributed by atoms with Crippen molar-refractivity contribution in [2.24, 2.45) is 0 Å². The van der Waals surface area contributed by atoms with E-state index in [2.05, 4.69) is 9.97 Å². The molecule has 0 bridgehead atoms. The molecule has 1 rings (SSSR count). The van der Waals surface area contributed by atoms with Crippen molar-refractivity contribution in [2.75, 3.05) is 0 Å². The van der Waals surface area contributed by atoms with E-state index in [-0.39, 0.29) is 11.4 Å². The fourth-order valence-electron chi connectivity index (χ4n) is 0.593. The van der Waals surface area contributed by atoms with Crippen LogP contribution in [-0.2, 0) is 0 Å². The lowest BCUT2D eigenvalue weighted by Crippen LogP contribution is -2.13. The van der Waals surface area contributed by atoms with Crippen LogP contribution < -0.4 is 5.56 Å². The van der Waals surface area contributed by atoms with E-state index in [1.807, 2.05) is 0 Å². The largest absolute Gasteiger partial charge is 0.493 e. The fraction of sp³-hybridized carbons (Fsp3) is 0.167. The van der Waals surface area contributed by atoms with Crippen molar-refractivity contribution in [3.63, 3.8) is 0 Å². The molecule has 1 aromatic rings. The van der Waals surface area contributed by atoms with Gasteiger partial charge in [-0.05, 0) is 6.92 Å². The summed E-state index contributed by atoms with van der Waals surface area (Å²) >= 11 is 0. The van der Waals surface area contributed by atoms with Gasteiger partial charge < -0.3 is 10.1 Å². The molecule has 0 unspecified atom stereocenters. The quantitative estimate of drug-likeness (QED) is 0.539. The molecule has 0 aliphatic heterocycles. The van der Waals surface area contributed by atoms with Gasteiger partial charge in [-0.1, -0.05) is 0 Å². The van der Waals surface area contributed by atoms with Gasteiger partial charge in [-0.15, -0.1) is 0 Å². The number of nitrogens with one attached hydrogen (secondary N) is 1. The third-order valence-corrected chi connectivity index (χ3v) is 1.26. The first kappa shape index (κ1) is 7.46. The van der Waals surface area contributed by atoms with Gasteiger partial charge in [0.25, 0.3) is 5.56 Å². The molecule has 0 aliphatic rings. The zero-order valence-corrected chi connectivity index (χ0v) is 5.79. The van der Waals surface area contributed by atoms with Crippen LogP contribution in [0, 0.1) is 6.92 Å². The first-order chi connectivity index (χ1) is 5.15. The molecule has 5 heteroatoms. The molecule has 0 atom stereocenters. The van der Waals surface area contributed by atoms with Crippen LogP contribution in [0.1, 0.15) is 16.2 Å². The molecule has 0 aromatic carbocycles. The Kier molecular flexibility index (Phi) is 1.72. The van der Waals surface area contributed by atoms with Crippen molar-refractivity contribution in [3.05, 3.63) is 21.7 Å². The summed E-state index contributed by atoms with van der Waals surface area (Å²) < 4.78 is 0. The van der Waals surface area contributed by atoms with E-state index in [4.69, 9.17) is 5.11 Å². The van der Waals surface area contributed by atoms with Gasteiger partial charge in [0.15, 0.2) is 12.1 Å². The van der Waals surface area contributed by atoms with Crippen LogP contribution >= 0.6 is 0 Å². The molecular formula is C6H6N2O3. The second-order valence-electron chi connectivity index (χ2n) is 2.02. The number of nitrogens with zero attached hydrogens (tertiary/aromatic N) is 1. The molecule has 11 heavy (non-hydrogen) atoms. The van der Waals surface area contributed by atoms with Crippen molar-refractivity contribution in [1.82, 2.24) is 9.97 Å². The van der Waals surface area contributed by atoms with Gasteiger partial charge in [-0.25, -0.2) is 0 Å². The maximum Gasteiger partial charge on any atom is 0.257 e. The molecule has 1 aromatic heterocycles. The highest BCUT2D eigenvalue weighted by molar-refractivity contribution is 5.68. The van der Waals surface area contributed by atoms with E-state index in [0.717, 1.165) is 0 Å². The average molecular weight is 154 g/mol. The lowest BCUT2D eigenvalue weighted by molar-refractivity contribution is 0.111. The lowest BCUT2D eigenvalue weighted by atomic mass is 10.3. The molecule has 0 saturated heterocycles. The van der Waals surface area contributed by atoms with Gasteiger partial charge in [-0.2, -0.15) is 4.98 Å². The zero-order chi connectivity index (χ0) is 8.43. The third-order valence-electron chi connectivity index (χ3n) is 1.26. The normalized spacial score (nSPS) is 9.55. The Morgan fingerprint density at radius 1 is 1.64 bits per heavy atom. The second kappa shape index (κ2) is 2.53. The average Bonchev–Trinajstić information content (AvgIpc) is 1.99. The number of carbonyl (C=O) groups excluding carboxylic acids is 1. The molecule has 0 aliphatic carbocycles. The van der Waals surface area contributed by atoms with Gasteiger partial charge in [-0.3, -0.25) is 9.59 Å². The van der Waals surface area contributed by atoms with Gasteiger partial charge in [0.1, 0.15) is 0 Å². The molecule has 1 heterocycles. The van der Waals surface area contributed by atoms with Gasteiger partial charge in [0, 0.05) is 0 Å². The molecule has 0 saturated carbocycles. The molecule has 0 fully saturated rings. The molecule has 58 valence electrons. The van der Waals surface area contributed by atoms with Crippen LogP contribution in [0.3, 0.4) is 0 Å². The summed E-state index contributed by atoms with van der Waals surface area (Å²) in [5.74, 6) is -0.575. The van der Waals surface area contributed by atoms with Gasteiger partial charge in [0.2, 0.25) is 5.88 Å². The Balaban J connectivity index is 3.44. The predicted octanol–water partition coefficient (Wildman–Crippen LogP) is -0.404. The summed E-state index contributed by atoms with van der Waals surface area (Å²) in [4.78, 5) is 26.4. The Bertz CT molecular complexity index is 342. The van der Waals surface area contributed by atoms with Crippen molar-refractivity contribution < 1.29 is 9.90 Å². The van der Waals surface area contributed by atoms with Crippen LogP contribution in [0.4, 0.5) is 0 Å². The van der Waals surface area contributed by atoms with E-state index in [1.165, 1.54) is 6.92 Å². The van der Waals surface area contributed by atoms with Crippen LogP contribution in [0.2, 0.25) is 0 Å². The monoisotopic (exact) mass is 154 g/mol. The maximum absolute atomic E-state index is 10.8. The number of H-pyrrole nitrogens is 1. The lowest BCUT2D eigenvalue weighted by Gasteiger charge is -1.95. The number of aromatic hydroxyl groups is 1. The van der Waals surface area contributed by atoms with Gasteiger partial charge >= 0.3 is 0 Å². The first-order valence-electron chi connectivity index (χ1n) is 2.90. The summed E-state index contributed by atoms with van der Waals surface area (Å²) in [7, 11) is 0. The number of aromatic amines is 1. The van der Waals surface area contributed by atoms with Crippen LogP contribution in [-0.4, -0.2) is 21.4 Å². The Labute approximate surface area is 61.7 Å². The van der Waals surface area contributed by atoms with Crippen LogP contribution in [0.25, 0.3) is 0 Å². The summed E-state index contributed by atoms with van der Waals surface area (Å²) in [6.07, 6.45) is 0.362. The predicted molar refractivity (Wildman–Crippen MR) is 36.6 cm³/mol. The third kappa shape index (κ3) is 1.26. The highest BCUT2D eigenvalue weighted by atomic mass is 16.3. The fourth-order valence-corrected chi connectivity index (χ4v) is 0.593. The van der Waals surface area contributed by atoms with Gasteiger partial charge in [0.05, 0.1) is 5.56 Å². The highest BCUT2D eigenvalue weighted by Crippen LogP contribution is 2.04. The van der Waals surface area contributed by atoms with E-state index in [9.17, 15) is 9.59 Å². The van der Waals surface area contributed by atoms with Crippen molar-refractivity contribution in [3.8, 4) is 5.88 Å². The molecule has 0 amide bonds. The Morgan fingerprint density at radius 3 is 2.73 bits per heavy atom. The van der Waals surface area contributed by atoms with Crippen molar-refractivity contribution in [1.29, 1.82) is 0 Å². The summed E-state index contributed by atoms with van der Waals surface area (Å²) in [6, 6.07) is 0. The van der Waals surface area contributed by atoms with Crippen LogP contribution in [0.5, 0.6) is 5.88 Å². The highest BCUT2D eigenvalue weighted by Gasteiger charge is 2.03. The molecular weight excluding hydrogens is 148 g/mol. The Morgan fingerprint density at radius 2 is 2.27 bits per heavy atom. The maximum atomic E-state index is 10.8. The first-order valence-corrected chi connectivity index (χ1v) is 2.90. The van der Waals surface area contributed by atoms with E-state index < -0.39 is 11.4 Å². The standard InChI is InChI=1S/C6H6N2O3/c1-3-5(10)7-4(2-9)8-6(3)11/h2H,1H3,(H2,7,8,10,11). The summed E-state index contributed by atoms with van der Waals surface area (Å²) in [6.45, 7) is 1.41. The summed E-state index contributed by atoms with van der Waals surface area (Å²) in [5, 5.41) is 8.92. The van der Waals surface area contributed by atoms with E-state index in [0.29, 0.717) is 6.29 Å². The number of hydrogen-bond acceptors (Lipinski definition) is 4. The summed E-state index contributed by atoms with van der Waals surface area (Å²) in [5.41, 5.74) is -0.393. The minimum absolute atomic E-state index is 0.107. The smallest absolute Gasteiger partial charge is 0.257 e. The number of aromatic nitrogens is 2. The number of rotatable bonds is 1. The van der Waals surface area contributed by atoms with Crippen molar-refractivity contribution in [2.45, 2.75) is 6.92 Å². The second-order valence-corrected chi connectivity index (χ2v) is 2.02. The topological polar surface area (TPSA) is 83.1 Å². The van der Waals surface area contributed by atoms with Crippen LogP contribution in [0.15, 0.2) is 4.79 Å². The minimum Gasteiger partial charge on any atom is -0.493 e. The minimum atomic E-state index is -0.500. The zero-order valence-electron chi connectivity index (χ0n) is 5.79. The number of carbonyl (C=O) groups is 1. The number of aldehydes is 1. The number of hydrogen-bond donors (Lipinski definition) is 2. The molecule has 0 radical (unpaired) electrons. The van der Waals surface area contributed by atoms with E-state index >= 15 is 0 Å². The SMILES string of the molecule is Cc1c(O)nc(C=O)[nH]c1=O. The van der Waals surface area contributed by atoms with Crippen molar-refractivity contribution >= 4 is 6.29 Å². The van der Waals surface area contributed by atoms with E-state index in [1.54, 1.807) is 0 Å². The Hall–Kier alpha value is -1.65. The molecule has 2 N–H and O–H groups in total. The molecule has 5 nitrogen and oxygen atoms in total. The molecule has 0 spiro atoms.